The zero-order valence-electron chi connectivity index (χ0n) is 12.9. The molecular formula is C14H23BrN2O2S2. The molecule has 7 heteroatoms. The van der Waals surface area contributed by atoms with Crippen LogP contribution in [0.3, 0.4) is 0 Å². The van der Waals surface area contributed by atoms with Crippen LogP contribution in [0, 0.1) is 6.92 Å². The Morgan fingerprint density at radius 3 is 2.62 bits per heavy atom. The predicted molar refractivity (Wildman–Crippen MR) is 94.4 cm³/mol. The maximum atomic E-state index is 12.5. The topological polar surface area (TPSA) is 58.2 Å². The molecule has 0 heterocycles. The third-order valence-electron chi connectivity index (χ3n) is 3.20. The number of hydrogen-bond donors (Lipinski definition) is 2. The van der Waals surface area contributed by atoms with Gasteiger partial charge in [-0.1, -0.05) is 13.0 Å². The van der Waals surface area contributed by atoms with Crippen LogP contribution in [0.4, 0.5) is 0 Å². The van der Waals surface area contributed by atoms with Gasteiger partial charge in [-0.15, -0.1) is 0 Å². The Labute approximate surface area is 140 Å². The lowest BCUT2D eigenvalue weighted by atomic mass is 10.1. The van der Waals surface area contributed by atoms with E-state index in [1.54, 1.807) is 17.8 Å². The maximum Gasteiger partial charge on any atom is 0.241 e. The number of hydrogen-bond acceptors (Lipinski definition) is 4. The smallest absolute Gasteiger partial charge is 0.241 e. The summed E-state index contributed by atoms with van der Waals surface area (Å²) in [7, 11) is -1.65. The van der Waals surface area contributed by atoms with E-state index in [0.717, 1.165) is 17.5 Å². The van der Waals surface area contributed by atoms with Crippen LogP contribution in [0.15, 0.2) is 21.5 Å². The van der Waals surface area contributed by atoms with Gasteiger partial charge >= 0.3 is 0 Å². The normalized spacial score (nSPS) is 13.4. The highest BCUT2D eigenvalue weighted by Gasteiger charge is 2.19. The predicted octanol–water partition coefficient (Wildman–Crippen LogP) is 2.90. The molecule has 120 valence electrons. The molecule has 0 fully saturated rings. The van der Waals surface area contributed by atoms with E-state index >= 15 is 0 Å². The minimum atomic E-state index is -3.49. The van der Waals surface area contributed by atoms with E-state index in [2.05, 4.69) is 32.9 Å². The van der Waals surface area contributed by atoms with Gasteiger partial charge in [-0.05, 0) is 59.8 Å². The van der Waals surface area contributed by atoms with Crippen molar-refractivity contribution in [3.63, 3.8) is 0 Å². The van der Waals surface area contributed by atoms with Crippen molar-refractivity contribution in [3.8, 4) is 0 Å². The Hall–Kier alpha value is -0.0800. The first-order valence-electron chi connectivity index (χ1n) is 6.78. The van der Waals surface area contributed by atoms with E-state index in [9.17, 15) is 8.42 Å². The van der Waals surface area contributed by atoms with Crippen LogP contribution in [-0.2, 0) is 16.6 Å². The van der Waals surface area contributed by atoms with Gasteiger partial charge in [0.15, 0.2) is 0 Å². The largest absolute Gasteiger partial charge is 0.316 e. The van der Waals surface area contributed by atoms with E-state index in [-0.39, 0.29) is 0 Å². The van der Waals surface area contributed by atoms with Crippen molar-refractivity contribution < 1.29 is 8.42 Å². The van der Waals surface area contributed by atoms with E-state index < -0.39 is 10.0 Å². The average Bonchev–Trinajstić information content (AvgIpc) is 2.42. The molecule has 0 saturated carbocycles. The van der Waals surface area contributed by atoms with E-state index in [1.807, 2.05) is 26.3 Å². The summed E-state index contributed by atoms with van der Waals surface area (Å²) in [6, 6.07) is 3.70. The summed E-state index contributed by atoms with van der Waals surface area (Å²) < 4.78 is 28.2. The molecule has 0 bridgehead atoms. The average molecular weight is 395 g/mol. The molecule has 0 aliphatic heterocycles. The van der Waals surface area contributed by atoms with Crippen LogP contribution in [-0.4, -0.2) is 33.5 Å². The first-order chi connectivity index (χ1) is 9.81. The summed E-state index contributed by atoms with van der Waals surface area (Å²) >= 11 is 5.13. The molecule has 2 N–H and O–H groups in total. The second kappa shape index (κ2) is 8.53. The summed E-state index contributed by atoms with van der Waals surface area (Å²) in [5.74, 6) is 0. The molecular weight excluding hydrogens is 372 g/mol. The molecule has 0 aliphatic carbocycles. The third-order valence-corrected chi connectivity index (χ3v) is 7.04. The Morgan fingerprint density at radius 1 is 1.38 bits per heavy atom. The third kappa shape index (κ3) is 5.56. The first kappa shape index (κ1) is 19.0. The SMILES string of the molecule is CNCc1cc(C)c(Br)c(S(=O)(=O)NCCC(C)SC)c1. The molecule has 1 unspecified atom stereocenters. The fourth-order valence-electron chi connectivity index (χ4n) is 1.90. The molecule has 0 radical (unpaired) electrons. The van der Waals surface area contributed by atoms with Crippen LogP contribution in [0.25, 0.3) is 0 Å². The highest BCUT2D eigenvalue weighted by atomic mass is 79.9. The fourth-order valence-corrected chi connectivity index (χ4v) is 4.37. The van der Waals surface area contributed by atoms with Crippen molar-refractivity contribution in [3.05, 3.63) is 27.7 Å². The Kier molecular flexibility index (Phi) is 7.70. The van der Waals surface area contributed by atoms with Crippen molar-refractivity contribution in [2.75, 3.05) is 19.8 Å². The zero-order valence-corrected chi connectivity index (χ0v) is 16.1. The van der Waals surface area contributed by atoms with Crippen molar-refractivity contribution >= 4 is 37.7 Å². The standard InChI is InChI=1S/C14H23BrN2O2S2/c1-10-7-12(9-16-3)8-13(14(10)15)21(18,19)17-6-5-11(2)20-4/h7-8,11,16-17H,5-6,9H2,1-4H3. The summed E-state index contributed by atoms with van der Waals surface area (Å²) in [5.41, 5.74) is 1.87. The second-order valence-electron chi connectivity index (χ2n) is 4.99. The summed E-state index contributed by atoms with van der Waals surface area (Å²) in [6.45, 7) is 5.08. The van der Waals surface area contributed by atoms with Gasteiger partial charge in [-0.25, -0.2) is 13.1 Å². The van der Waals surface area contributed by atoms with Gasteiger partial charge in [-0.3, -0.25) is 0 Å². The first-order valence-corrected chi connectivity index (χ1v) is 10.3. The molecule has 1 aromatic rings. The van der Waals surface area contributed by atoms with Crippen LogP contribution in [0.1, 0.15) is 24.5 Å². The van der Waals surface area contributed by atoms with Gasteiger partial charge < -0.3 is 5.32 Å². The minimum Gasteiger partial charge on any atom is -0.316 e. The van der Waals surface area contributed by atoms with Gasteiger partial charge in [0.05, 0.1) is 4.90 Å². The van der Waals surface area contributed by atoms with Crippen LogP contribution >= 0.6 is 27.7 Å². The van der Waals surface area contributed by atoms with Crippen LogP contribution < -0.4 is 10.0 Å². The number of thioether (sulfide) groups is 1. The minimum absolute atomic E-state index is 0.310. The molecule has 0 saturated heterocycles. The van der Waals surface area contributed by atoms with Gasteiger partial charge in [0.25, 0.3) is 0 Å². The van der Waals surface area contributed by atoms with Crippen molar-refractivity contribution in [1.82, 2.24) is 10.0 Å². The molecule has 0 spiro atoms. The van der Waals surface area contributed by atoms with Gasteiger partial charge in [0.1, 0.15) is 0 Å². The summed E-state index contributed by atoms with van der Waals surface area (Å²) in [4.78, 5) is 0.310. The molecule has 21 heavy (non-hydrogen) atoms. The highest BCUT2D eigenvalue weighted by Crippen LogP contribution is 2.27. The van der Waals surface area contributed by atoms with E-state index in [0.29, 0.717) is 27.7 Å². The lowest BCUT2D eigenvalue weighted by molar-refractivity contribution is 0.578. The molecule has 1 aromatic carbocycles. The van der Waals surface area contributed by atoms with Gasteiger partial charge in [-0.2, -0.15) is 11.8 Å². The quantitative estimate of drug-likeness (QED) is 0.711. The summed E-state index contributed by atoms with van der Waals surface area (Å²) in [6.07, 6.45) is 2.84. The molecule has 0 aliphatic rings. The van der Waals surface area contributed by atoms with Crippen molar-refractivity contribution in [2.24, 2.45) is 0 Å². The number of aryl methyl sites for hydroxylation is 1. The van der Waals surface area contributed by atoms with Crippen LogP contribution in [0.5, 0.6) is 0 Å². The molecule has 4 nitrogen and oxygen atoms in total. The highest BCUT2D eigenvalue weighted by molar-refractivity contribution is 9.10. The van der Waals surface area contributed by atoms with Crippen molar-refractivity contribution in [2.45, 2.75) is 37.0 Å². The number of benzene rings is 1. The molecule has 1 rings (SSSR count). The second-order valence-corrected chi connectivity index (χ2v) is 8.79. The number of rotatable bonds is 8. The number of nitrogens with one attached hydrogen (secondary N) is 2. The van der Waals surface area contributed by atoms with E-state index in [1.165, 1.54) is 0 Å². The monoisotopic (exact) mass is 394 g/mol. The Morgan fingerprint density at radius 2 is 2.05 bits per heavy atom. The number of halogens is 1. The van der Waals surface area contributed by atoms with Gasteiger partial charge in [0, 0.05) is 22.8 Å². The Bertz CT molecular complexity index is 577. The van der Waals surface area contributed by atoms with Gasteiger partial charge in [0.2, 0.25) is 10.0 Å². The lowest BCUT2D eigenvalue weighted by Crippen LogP contribution is -2.27. The van der Waals surface area contributed by atoms with E-state index in [4.69, 9.17) is 0 Å². The van der Waals surface area contributed by atoms with Crippen LogP contribution in [0.2, 0.25) is 0 Å². The molecule has 0 aromatic heterocycles. The maximum absolute atomic E-state index is 12.5. The Balaban J connectivity index is 2.96. The molecule has 1 atom stereocenters. The zero-order chi connectivity index (χ0) is 16.0. The fraction of sp³-hybridized carbons (Fsp3) is 0.571. The summed E-state index contributed by atoms with van der Waals surface area (Å²) in [5, 5.41) is 3.48. The van der Waals surface area contributed by atoms with Crippen molar-refractivity contribution in [1.29, 1.82) is 0 Å². The lowest BCUT2D eigenvalue weighted by Gasteiger charge is -2.14. The number of sulfonamides is 1. The molecule has 0 amide bonds.